The zero-order chi connectivity index (χ0) is 18.0. The molecule has 0 aromatic heterocycles. The van der Waals surface area contributed by atoms with Gasteiger partial charge in [-0.05, 0) is 75.9 Å². The molecule has 0 unspecified atom stereocenters. The van der Waals surface area contributed by atoms with Crippen molar-refractivity contribution in [1.82, 2.24) is 14.9 Å². The smallest absolute Gasteiger partial charge is 0.253 e. The average Bonchev–Trinajstić information content (AvgIpc) is 2.92. The summed E-state index contributed by atoms with van der Waals surface area (Å²) in [6.07, 6.45) is 2.07. The third-order valence-electron chi connectivity index (χ3n) is 5.11. The number of carbonyl (C=O) groups excluding carboxylic acids is 1. The van der Waals surface area contributed by atoms with Gasteiger partial charge in [-0.3, -0.25) is 4.79 Å². The van der Waals surface area contributed by atoms with Crippen LogP contribution in [0.1, 0.15) is 37.0 Å². The molecule has 3 rings (SSSR count). The summed E-state index contributed by atoms with van der Waals surface area (Å²) in [5.41, 5.74) is 0.550. The summed E-state index contributed by atoms with van der Waals surface area (Å²) in [6.45, 7) is 7.22. The molecule has 2 heterocycles. The Balaban J connectivity index is 1.68. The first kappa shape index (κ1) is 18.4. The molecule has 0 spiro atoms. The average molecular weight is 365 g/mol. The van der Waals surface area contributed by atoms with E-state index in [1.165, 1.54) is 12.1 Å². The fourth-order valence-corrected chi connectivity index (χ4v) is 5.01. The van der Waals surface area contributed by atoms with Crippen molar-refractivity contribution in [2.24, 2.45) is 11.8 Å². The van der Waals surface area contributed by atoms with Gasteiger partial charge in [0.05, 0.1) is 4.90 Å². The van der Waals surface area contributed by atoms with Crippen LogP contribution in [0.5, 0.6) is 0 Å². The number of hydrogen-bond donors (Lipinski definition) is 2. The van der Waals surface area contributed by atoms with Gasteiger partial charge in [0, 0.05) is 24.7 Å². The van der Waals surface area contributed by atoms with Crippen molar-refractivity contribution in [2.75, 3.05) is 26.2 Å². The highest BCUT2D eigenvalue weighted by molar-refractivity contribution is 7.89. The maximum atomic E-state index is 12.8. The number of fused-ring (bicyclic) bond motifs is 1. The SMILES string of the molecule is CC(C)NS(=O)(=O)c1ccc(C(=O)N2CC[C@@H]3CNC[C@@H]3CC2)cc1. The highest BCUT2D eigenvalue weighted by atomic mass is 32.2. The molecule has 0 radical (unpaired) electrons. The monoisotopic (exact) mass is 365 g/mol. The molecule has 1 aromatic carbocycles. The Morgan fingerprint density at radius 3 is 2.20 bits per heavy atom. The Morgan fingerprint density at radius 1 is 1.12 bits per heavy atom. The summed E-state index contributed by atoms with van der Waals surface area (Å²) in [5, 5.41) is 3.44. The number of nitrogens with zero attached hydrogens (tertiary/aromatic N) is 1. The molecule has 0 aliphatic carbocycles. The van der Waals surface area contributed by atoms with Gasteiger partial charge in [0.25, 0.3) is 5.91 Å². The third-order valence-corrected chi connectivity index (χ3v) is 6.78. The maximum Gasteiger partial charge on any atom is 0.253 e. The molecule has 25 heavy (non-hydrogen) atoms. The minimum Gasteiger partial charge on any atom is -0.339 e. The molecular formula is C18H27N3O3S. The zero-order valence-electron chi connectivity index (χ0n) is 14.9. The molecule has 2 saturated heterocycles. The molecular weight excluding hydrogens is 338 g/mol. The molecule has 2 aliphatic heterocycles. The largest absolute Gasteiger partial charge is 0.339 e. The van der Waals surface area contributed by atoms with E-state index in [-0.39, 0.29) is 16.8 Å². The lowest BCUT2D eigenvalue weighted by molar-refractivity contribution is 0.0758. The standard InChI is InChI=1S/C18H27N3O3S/c1-13(2)20-25(23,24)17-5-3-14(4-6-17)18(22)21-9-7-15-11-19-12-16(15)8-10-21/h3-6,13,15-16,19-20H,7-12H2,1-2H3/t15-,16+. The second kappa shape index (κ2) is 7.43. The van der Waals surface area contributed by atoms with E-state index in [1.807, 2.05) is 4.90 Å². The van der Waals surface area contributed by atoms with Crippen LogP contribution in [0.15, 0.2) is 29.2 Å². The van der Waals surface area contributed by atoms with E-state index in [0.29, 0.717) is 17.4 Å². The molecule has 2 atom stereocenters. The number of amides is 1. The fourth-order valence-electron chi connectivity index (χ4n) is 3.76. The fraction of sp³-hybridized carbons (Fsp3) is 0.611. The molecule has 1 amide bonds. The van der Waals surface area contributed by atoms with Gasteiger partial charge in [-0.2, -0.15) is 0 Å². The minimum absolute atomic E-state index is 0.00583. The predicted molar refractivity (Wildman–Crippen MR) is 96.9 cm³/mol. The van der Waals surface area contributed by atoms with Crippen LogP contribution in [0.4, 0.5) is 0 Å². The summed E-state index contributed by atoms with van der Waals surface area (Å²) in [4.78, 5) is 14.9. The van der Waals surface area contributed by atoms with Crippen molar-refractivity contribution < 1.29 is 13.2 Å². The highest BCUT2D eigenvalue weighted by Gasteiger charge is 2.31. The van der Waals surface area contributed by atoms with Gasteiger partial charge in [-0.15, -0.1) is 0 Å². The molecule has 2 fully saturated rings. The van der Waals surface area contributed by atoms with Crippen molar-refractivity contribution in [1.29, 1.82) is 0 Å². The number of carbonyl (C=O) groups is 1. The maximum absolute atomic E-state index is 12.8. The van der Waals surface area contributed by atoms with Crippen molar-refractivity contribution >= 4 is 15.9 Å². The van der Waals surface area contributed by atoms with Crippen LogP contribution >= 0.6 is 0 Å². The van der Waals surface area contributed by atoms with E-state index in [0.717, 1.165) is 39.0 Å². The molecule has 1 aromatic rings. The van der Waals surface area contributed by atoms with E-state index >= 15 is 0 Å². The topological polar surface area (TPSA) is 78.5 Å². The number of likely N-dealkylation sites (tertiary alicyclic amines) is 1. The van der Waals surface area contributed by atoms with Crippen LogP contribution in [0.25, 0.3) is 0 Å². The van der Waals surface area contributed by atoms with Gasteiger partial charge in [0.2, 0.25) is 10.0 Å². The summed E-state index contributed by atoms with van der Waals surface area (Å²) < 4.78 is 26.9. The molecule has 138 valence electrons. The Morgan fingerprint density at radius 2 is 1.68 bits per heavy atom. The lowest BCUT2D eigenvalue weighted by Crippen LogP contribution is -2.33. The molecule has 2 N–H and O–H groups in total. The van der Waals surface area contributed by atoms with E-state index < -0.39 is 10.0 Å². The Kier molecular flexibility index (Phi) is 5.46. The Bertz CT molecular complexity index is 702. The van der Waals surface area contributed by atoms with Crippen molar-refractivity contribution in [3.8, 4) is 0 Å². The summed E-state index contributed by atoms with van der Waals surface area (Å²) in [6, 6.07) is 6.08. The van der Waals surface area contributed by atoms with Crippen LogP contribution < -0.4 is 10.0 Å². The normalized spacial score (nSPS) is 24.2. The van der Waals surface area contributed by atoms with Gasteiger partial charge in [-0.1, -0.05) is 0 Å². The van der Waals surface area contributed by atoms with Crippen molar-refractivity contribution in [3.05, 3.63) is 29.8 Å². The lowest BCUT2D eigenvalue weighted by atomic mass is 9.92. The van der Waals surface area contributed by atoms with Crippen LogP contribution in [-0.2, 0) is 10.0 Å². The second-order valence-corrected chi connectivity index (χ2v) is 9.06. The summed E-state index contributed by atoms with van der Waals surface area (Å²) >= 11 is 0. The predicted octanol–water partition coefficient (Wildman–Crippen LogP) is 1.44. The summed E-state index contributed by atoms with van der Waals surface area (Å²) in [7, 11) is -3.52. The lowest BCUT2D eigenvalue weighted by Gasteiger charge is -2.21. The summed E-state index contributed by atoms with van der Waals surface area (Å²) in [5.74, 6) is 1.34. The van der Waals surface area contributed by atoms with E-state index in [4.69, 9.17) is 0 Å². The van der Waals surface area contributed by atoms with Crippen molar-refractivity contribution in [2.45, 2.75) is 37.6 Å². The minimum atomic E-state index is -3.52. The molecule has 2 aliphatic rings. The van der Waals surface area contributed by atoms with E-state index in [1.54, 1.807) is 26.0 Å². The van der Waals surface area contributed by atoms with Crippen molar-refractivity contribution in [3.63, 3.8) is 0 Å². The van der Waals surface area contributed by atoms with Gasteiger partial charge in [0.15, 0.2) is 0 Å². The van der Waals surface area contributed by atoms with Crippen LogP contribution in [0.2, 0.25) is 0 Å². The molecule has 7 heteroatoms. The van der Waals surface area contributed by atoms with Crippen LogP contribution in [0, 0.1) is 11.8 Å². The first-order chi connectivity index (χ1) is 11.9. The van der Waals surface area contributed by atoms with Gasteiger partial charge < -0.3 is 10.2 Å². The first-order valence-electron chi connectivity index (χ1n) is 8.99. The number of hydrogen-bond acceptors (Lipinski definition) is 4. The second-order valence-electron chi connectivity index (χ2n) is 7.35. The van der Waals surface area contributed by atoms with E-state index in [2.05, 4.69) is 10.0 Å². The van der Waals surface area contributed by atoms with Gasteiger partial charge >= 0.3 is 0 Å². The van der Waals surface area contributed by atoms with Gasteiger partial charge in [-0.25, -0.2) is 13.1 Å². The Hall–Kier alpha value is -1.44. The zero-order valence-corrected chi connectivity index (χ0v) is 15.7. The molecule has 0 bridgehead atoms. The number of rotatable bonds is 4. The van der Waals surface area contributed by atoms with Crippen LogP contribution in [-0.4, -0.2) is 51.4 Å². The molecule has 6 nitrogen and oxygen atoms in total. The first-order valence-corrected chi connectivity index (χ1v) is 10.5. The third kappa shape index (κ3) is 4.22. The highest BCUT2D eigenvalue weighted by Crippen LogP contribution is 2.27. The number of sulfonamides is 1. The van der Waals surface area contributed by atoms with Crippen LogP contribution in [0.3, 0.4) is 0 Å². The quantitative estimate of drug-likeness (QED) is 0.846. The van der Waals surface area contributed by atoms with Gasteiger partial charge in [0.1, 0.15) is 0 Å². The number of benzene rings is 1. The molecule has 0 saturated carbocycles. The Labute approximate surface area is 150 Å². The number of nitrogens with one attached hydrogen (secondary N) is 2. The van der Waals surface area contributed by atoms with E-state index in [9.17, 15) is 13.2 Å².